The van der Waals surface area contributed by atoms with Crippen molar-refractivity contribution < 1.29 is 14.3 Å². The lowest BCUT2D eigenvalue weighted by atomic mass is 10.2. The maximum absolute atomic E-state index is 12.4. The van der Waals surface area contributed by atoms with Crippen LogP contribution in [0.4, 0.5) is 5.69 Å². The van der Waals surface area contributed by atoms with Crippen LogP contribution in [0.15, 0.2) is 72.4 Å². The van der Waals surface area contributed by atoms with Crippen LogP contribution in [0.3, 0.4) is 0 Å². The molecule has 3 rings (SSSR count). The van der Waals surface area contributed by atoms with Crippen molar-refractivity contribution in [2.75, 3.05) is 17.7 Å². The van der Waals surface area contributed by atoms with Gasteiger partial charge in [-0.15, -0.1) is 16.8 Å². The van der Waals surface area contributed by atoms with E-state index in [1.165, 1.54) is 17.8 Å². The highest BCUT2D eigenvalue weighted by Crippen LogP contribution is 2.20. The second-order valence-corrected chi connectivity index (χ2v) is 8.51. The molecule has 1 heterocycles. The van der Waals surface area contributed by atoms with Gasteiger partial charge in [0.15, 0.2) is 11.0 Å². The van der Waals surface area contributed by atoms with Gasteiger partial charge in [-0.05, 0) is 48.9 Å². The van der Waals surface area contributed by atoms with E-state index >= 15 is 0 Å². The van der Waals surface area contributed by atoms with Crippen molar-refractivity contribution in [3.8, 4) is 5.75 Å². The first-order chi connectivity index (χ1) is 17.0. The monoisotopic (exact) mass is 511 g/mol. The standard InChI is InChI=1S/C25H26ClN5O3S/c1-3-15-31-22(16-27-23(32)14-9-18-7-5-6-8-21(18)26)29-30-25(31)35-17-24(33)28-19-10-12-20(13-11-19)34-4-2/h3,5-14H,1,4,15-17H2,2H3,(H,27,32)(H,28,33)/b14-9+. The Morgan fingerprint density at radius 1 is 1.17 bits per heavy atom. The second-order valence-electron chi connectivity index (χ2n) is 7.16. The number of carbonyl (C=O) groups excluding carboxylic acids is 2. The van der Waals surface area contributed by atoms with Crippen LogP contribution < -0.4 is 15.4 Å². The summed E-state index contributed by atoms with van der Waals surface area (Å²) in [6, 6.07) is 14.4. The second kappa shape index (κ2) is 13.4. The summed E-state index contributed by atoms with van der Waals surface area (Å²) in [5.41, 5.74) is 1.43. The van der Waals surface area contributed by atoms with Crippen LogP contribution in [-0.4, -0.2) is 38.9 Å². The van der Waals surface area contributed by atoms with Gasteiger partial charge in [0, 0.05) is 23.3 Å². The third kappa shape index (κ3) is 8.01. The molecule has 10 heteroatoms. The van der Waals surface area contributed by atoms with Gasteiger partial charge < -0.3 is 19.9 Å². The minimum absolute atomic E-state index is 0.148. The van der Waals surface area contributed by atoms with Gasteiger partial charge in [0.25, 0.3) is 0 Å². The van der Waals surface area contributed by atoms with Gasteiger partial charge in [-0.3, -0.25) is 9.59 Å². The maximum atomic E-state index is 12.4. The highest BCUT2D eigenvalue weighted by atomic mass is 35.5. The van der Waals surface area contributed by atoms with E-state index in [2.05, 4.69) is 27.4 Å². The van der Waals surface area contributed by atoms with Crippen LogP contribution in [0.1, 0.15) is 18.3 Å². The van der Waals surface area contributed by atoms with E-state index in [4.69, 9.17) is 16.3 Å². The Labute approximate surface area is 213 Å². The van der Waals surface area contributed by atoms with Gasteiger partial charge in [-0.2, -0.15) is 0 Å². The van der Waals surface area contributed by atoms with Crippen molar-refractivity contribution in [3.63, 3.8) is 0 Å². The number of thioether (sulfide) groups is 1. The molecule has 0 spiro atoms. The summed E-state index contributed by atoms with van der Waals surface area (Å²) in [6.45, 7) is 6.88. The summed E-state index contributed by atoms with van der Waals surface area (Å²) >= 11 is 7.36. The van der Waals surface area contributed by atoms with Gasteiger partial charge in [0.05, 0.1) is 18.9 Å². The SMILES string of the molecule is C=CCn1c(CNC(=O)/C=C/c2ccccc2Cl)nnc1SCC(=O)Nc1ccc(OCC)cc1. The Balaban J connectivity index is 1.54. The number of nitrogens with one attached hydrogen (secondary N) is 2. The number of allylic oxidation sites excluding steroid dienone is 1. The Morgan fingerprint density at radius 2 is 1.94 bits per heavy atom. The Morgan fingerprint density at radius 3 is 2.66 bits per heavy atom. The smallest absolute Gasteiger partial charge is 0.244 e. The number of ether oxygens (including phenoxy) is 1. The number of halogens is 1. The number of anilines is 1. The van der Waals surface area contributed by atoms with Crippen LogP contribution in [0.2, 0.25) is 5.02 Å². The van der Waals surface area contributed by atoms with Crippen LogP contribution in [0.25, 0.3) is 6.08 Å². The van der Waals surface area contributed by atoms with Crippen molar-refractivity contribution in [3.05, 3.63) is 83.7 Å². The lowest BCUT2D eigenvalue weighted by Crippen LogP contribution is -2.23. The van der Waals surface area contributed by atoms with Crippen molar-refractivity contribution in [2.24, 2.45) is 0 Å². The number of aromatic nitrogens is 3. The first-order valence-electron chi connectivity index (χ1n) is 10.9. The third-order valence-electron chi connectivity index (χ3n) is 4.63. The summed E-state index contributed by atoms with van der Waals surface area (Å²) in [6.07, 6.45) is 4.77. The van der Waals surface area contributed by atoms with Gasteiger partial charge in [0.1, 0.15) is 5.75 Å². The zero-order valence-electron chi connectivity index (χ0n) is 19.2. The molecule has 2 N–H and O–H groups in total. The van der Waals surface area contributed by atoms with E-state index < -0.39 is 0 Å². The molecule has 0 saturated heterocycles. The number of hydrogen-bond donors (Lipinski definition) is 2. The zero-order valence-corrected chi connectivity index (χ0v) is 20.8. The Hall–Kier alpha value is -3.56. The topological polar surface area (TPSA) is 98.1 Å². The molecule has 0 atom stereocenters. The minimum Gasteiger partial charge on any atom is -0.494 e. The molecule has 0 aliphatic heterocycles. The molecular formula is C25H26ClN5O3S. The lowest BCUT2D eigenvalue weighted by Gasteiger charge is -2.09. The largest absolute Gasteiger partial charge is 0.494 e. The fraction of sp³-hybridized carbons (Fsp3) is 0.200. The molecule has 182 valence electrons. The first kappa shape index (κ1) is 26.1. The number of rotatable bonds is 12. The third-order valence-corrected chi connectivity index (χ3v) is 5.94. The highest BCUT2D eigenvalue weighted by Gasteiger charge is 2.14. The predicted molar refractivity (Wildman–Crippen MR) is 140 cm³/mol. The predicted octanol–water partition coefficient (Wildman–Crippen LogP) is 4.58. The molecule has 0 unspecified atom stereocenters. The molecule has 0 radical (unpaired) electrons. The fourth-order valence-corrected chi connectivity index (χ4v) is 3.96. The molecule has 2 amide bonds. The quantitative estimate of drug-likeness (QED) is 0.210. The average molecular weight is 512 g/mol. The molecule has 35 heavy (non-hydrogen) atoms. The summed E-state index contributed by atoms with van der Waals surface area (Å²) < 4.78 is 7.21. The zero-order chi connectivity index (χ0) is 25.0. The number of nitrogens with zero attached hydrogens (tertiary/aromatic N) is 3. The van der Waals surface area contributed by atoms with Gasteiger partial charge in [-0.25, -0.2) is 0 Å². The molecule has 3 aromatic rings. The molecule has 0 aliphatic carbocycles. The van der Waals surface area contributed by atoms with Crippen LogP contribution in [-0.2, 0) is 22.7 Å². The van der Waals surface area contributed by atoms with E-state index in [-0.39, 0.29) is 24.1 Å². The van der Waals surface area contributed by atoms with Gasteiger partial charge in [0.2, 0.25) is 11.8 Å². The van der Waals surface area contributed by atoms with E-state index in [0.717, 1.165) is 11.3 Å². The summed E-state index contributed by atoms with van der Waals surface area (Å²) in [5.74, 6) is 0.985. The number of amides is 2. The van der Waals surface area contributed by atoms with Crippen molar-refractivity contribution in [1.82, 2.24) is 20.1 Å². The Bertz CT molecular complexity index is 1190. The Kier molecular flexibility index (Phi) is 9.94. The normalized spacial score (nSPS) is 10.8. The molecule has 1 aromatic heterocycles. The molecular weight excluding hydrogens is 486 g/mol. The fourth-order valence-electron chi connectivity index (χ4n) is 3.00. The minimum atomic E-state index is -0.290. The number of carbonyl (C=O) groups is 2. The van der Waals surface area contributed by atoms with E-state index in [0.29, 0.717) is 34.8 Å². The molecule has 0 fully saturated rings. The maximum Gasteiger partial charge on any atom is 0.244 e. The summed E-state index contributed by atoms with van der Waals surface area (Å²) in [7, 11) is 0. The average Bonchev–Trinajstić information content (AvgIpc) is 3.24. The highest BCUT2D eigenvalue weighted by molar-refractivity contribution is 7.99. The first-order valence-corrected chi connectivity index (χ1v) is 12.3. The molecule has 8 nitrogen and oxygen atoms in total. The summed E-state index contributed by atoms with van der Waals surface area (Å²) in [5, 5.41) is 15.1. The molecule has 0 bridgehead atoms. The van der Waals surface area contributed by atoms with Gasteiger partial charge in [-0.1, -0.05) is 47.6 Å². The molecule has 2 aromatic carbocycles. The van der Waals surface area contributed by atoms with Gasteiger partial charge >= 0.3 is 0 Å². The van der Waals surface area contributed by atoms with E-state index in [1.807, 2.05) is 25.1 Å². The van der Waals surface area contributed by atoms with E-state index in [1.54, 1.807) is 47.1 Å². The van der Waals surface area contributed by atoms with Crippen molar-refractivity contribution in [1.29, 1.82) is 0 Å². The van der Waals surface area contributed by atoms with Crippen molar-refractivity contribution >= 4 is 46.9 Å². The number of hydrogen-bond acceptors (Lipinski definition) is 6. The number of benzene rings is 2. The van der Waals surface area contributed by atoms with Crippen LogP contribution in [0.5, 0.6) is 5.75 Å². The summed E-state index contributed by atoms with van der Waals surface area (Å²) in [4.78, 5) is 24.6. The van der Waals surface area contributed by atoms with Crippen LogP contribution >= 0.6 is 23.4 Å². The van der Waals surface area contributed by atoms with Crippen LogP contribution in [0, 0.1) is 0 Å². The van der Waals surface area contributed by atoms with E-state index in [9.17, 15) is 9.59 Å². The van der Waals surface area contributed by atoms with Crippen molar-refractivity contribution in [2.45, 2.75) is 25.2 Å². The lowest BCUT2D eigenvalue weighted by molar-refractivity contribution is -0.116. The molecule has 0 saturated carbocycles. The molecule has 0 aliphatic rings.